The summed E-state index contributed by atoms with van der Waals surface area (Å²) in [4.78, 5) is 29.6. The van der Waals surface area contributed by atoms with E-state index >= 15 is 0 Å². The van der Waals surface area contributed by atoms with Crippen LogP contribution in [0.15, 0.2) is 48.7 Å². The van der Waals surface area contributed by atoms with Gasteiger partial charge >= 0.3 is 12.0 Å². The Morgan fingerprint density at radius 3 is 2.66 bits per heavy atom. The number of rotatable bonds is 6. The number of fused-ring (bicyclic) bond motifs is 1. The second kappa shape index (κ2) is 8.77. The van der Waals surface area contributed by atoms with Crippen LogP contribution in [0.4, 0.5) is 10.6 Å². The molecule has 152 valence electrons. The number of anilines is 1. The number of nitrogens with one attached hydrogen (secondary N) is 2. The van der Waals surface area contributed by atoms with Crippen molar-refractivity contribution >= 4 is 23.5 Å². The van der Waals surface area contributed by atoms with Gasteiger partial charge < -0.3 is 10.1 Å². The zero-order valence-corrected chi connectivity index (χ0v) is 17.1. The molecule has 0 saturated carbocycles. The molecule has 0 aliphatic rings. The van der Waals surface area contributed by atoms with Gasteiger partial charge in [0.15, 0.2) is 0 Å². The number of nitrogens with zero attached hydrogens (tertiary/aromatic N) is 2. The first-order chi connectivity index (χ1) is 13.9. The molecule has 0 radical (unpaired) electrons. The molecule has 0 unspecified atom stereocenters. The van der Waals surface area contributed by atoms with E-state index in [0.717, 1.165) is 11.1 Å². The van der Waals surface area contributed by atoms with Gasteiger partial charge in [0.2, 0.25) is 0 Å². The monoisotopic (exact) mass is 394 g/mol. The fourth-order valence-electron chi connectivity index (χ4n) is 3.12. The largest absolute Gasteiger partial charge is 0.464 e. The molecular formula is C22H26N4O3. The van der Waals surface area contributed by atoms with Crippen molar-refractivity contribution in [2.45, 2.75) is 33.7 Å². The van der Waals surface area contributed by atoms with Gasteiger partial charge in [-0.05, 0) is 38.0 Å². The summed E-state index contributed by atoms with van der Waals surface area (Å²) in [5.74, 6) is -0.0250. The van der Waals surface area contributed by atoms with E-state index in [1.165, 1.54) is 0 Å². The van der Waals surface area contributed by atoms with Crippen molar-refractivity contribution in [1.82, 2.24) is 14.7 Å². The maximum atomic E-state index is 12.8. The molecule has 1 aromatic carbocycles. The first kappa shape index (κ1) is 20.4. The normalized spacial score (nSPS) is 12.0. The lowest BCUT2D eigenvalue weighted by atomic mass is 10.1. The number of pyridine rings is 1. The standard InChI is InChI=1S/C22H26N4O3/c1-5-29-21(27)18(14(2)3)24-22(28)25-20-19(16-10-8-9-15(4)13-16)23-17-11-6-7-12-26(17)20/h6-14,18H,5H2,1-4H3,(H2,24,25,28)/t18-/m1/s1. The predicted octanol–water partition coefficient (Wildman–Crippen LogP) is 4.02. The van der Waals surface area contributed by atoms with Gasteiger partial charge in [0.25, 0.3) is 0 Å². The molecule has 2 amide bonds. The lowest BCUT2D eigenvalue weighted by molar-refractivity contribution is -0.146. The molecule has 29 heavy (non-hydrogen) atoms. The second-order valence-corrected chi connectivity index (χ2v) is 7.18. The number of hydrogen-bond donors (Lipinski definition) is 2. The number of urea groups is 1. The molecule has 7 heteroatoms. The van der Waals surface area contributed by atoms with E-state index in [1.54, 1.807) is 6.92 Å². The number of esters is 1. The van der Waals surface area contributed by atoms with E-state index < -0.39 is 18.0 Å². The molecule has 2 N–H and O–H groups in total. The SMILES string of the molecule is CCOC(=O)[C@H](NC(=O)Nc1c(-c2cccc(C)c2)nc2ccccn12)C(C)C. The van der Waals surface area contributed by atoms with Gasteiger partial charge in [0.05, 0.1) is 6.61 Å². The number of aromatic nitrogens is 2. The molecule has 2 heterocycles. The minimum atomic E-state index is -0.739. The summed E-state index contributed by atoms with van der Waals surface area (Å²) in [7, 11) is 0. The van der Waals surface area contributed by atoms with Gasteiger partial charge in [-0.25, -0.2) is 14.6 Å². The molecule has 3 aromatic rings. The fourth-order valence-corrected chi connectivity index (χ4v) is 3.12. The summed E-state index contributed by atoms with van der Waals surface area (Å²) in [6, 6.07) is 12.3. The van der Waals surface area contributed by atoms with E-state index in [4.69, 9.17) is 4.74 Å². The Balaban J connectivity index is 1.93. The van der Waals surface area contributed by atoms with Gasteiger partial charge in [0, 0.05) is 11.8 Å². The first-order valence-electron chi connectivity index (χ1n) is 9.69. The summed E-state index contributed by atoms with van der Waals surface area (Å²) in [5, 5.41) is 5.60. The lowest BCUT2D eigenvalue weighted by Gasteiger charge is -2.20. The van der Waals surface area contributed by atoms with Crippen LogP contribution in [0, 0.1) is 12.8 Å². The maximum absolute atomic E-state index is 12.8. The Bertz CT molecular complexity index is 1030. The summed E-state index contributed by atoms with van der Waals surface area (Å²) < 4.78 is 6.89. The van der Waals surface area contributed by atoms with Crippen LogP contribution < -0.4 is 10.6 Å². The van der Waals surface area contributed by atoms with Gasteiger partial charge in [-0.3, -0.25) is 9.72 Å². The van der Waals surface area contributed by atoms with Crippen LogP contribution >= 0.6 is 0 Å². The highest BCUT2D eigenvalue weighted by atomic mass is 16.5. The van der Waals surface area contributed by atoms with Crippen LogP contribution in [0.5, 0.6) is 0 Å². The van der Waals surface area contributed by atoms with Crippen LogP contribution in [-0.4, -0.2) is 34.0 Å². The van der Waals surface area contributed by atoms with Crippen molar-refractivity contribution in [2.75, 3.05) is 11.9 Å². The Morgan fingerprint density at radius 2 is 1.97 bits per heavy atom. The van der Waals surface area contributed by atoms with Crippen molar-refractivity contribution in [3.05, 3.63) is 54.2 Å². The number of carbonyl (C=O) groups is 2. The molecule has 0 saturated heterocycles. The topological polar surface area (TPSA) is 84.7 Å². The molecule has 0 aliphatic heterocycles. The van der Waals surface area contributed by atoms with E-state index in [-0.39, 0.29) is 12.5 Å². The molecule has 2 aromatic heterocycles. The average Bonchev–Trinajstić information content (AvgIpc) is 3.04. The molecule has 0 bridgehead atoms. The third-order valence-electron chi connectivity index (χ3n) is 4.55. The molecule has 0 aliphatic carbocycles. The molecule has 0 fully saturated rings. The summed E-state index contributed by atoms with van der Waals surface area (Å²) in [6.45, 7) is 7.71. The number of aryl methyl sites for hydroxylation is 1. The number of imidazole rings is 1. The van der Waals surface area contributed by atoms with Crippen LogP contribution in [0.3, 0.4) is 0 Å². The molecule has 0 spiro atoms. The van der Waals surface area contributed by atoms with Crippen molar-refractivity contribution in [3.8, 4) is 11.3 Å². The van der Waals surface area contributed by atoms with Crippen molar-refractivity contribution in [2.24, 2.45) is 5.92 Å². The van der Waals surface area contributed by atoms with E-state index in [2.05, 4.69) is 15.6 Å². The van der Waals surface area contributed by atoms with Crippen molar-refractivity contribution in [1.29, 1.82) is 0 Å². The van der Waals surface area contributed by atoms with Gasteiger partial charge in [-0.15, -0.1) is 0 Å². The van der Waals surface area contributed by atoms with Crippen LogP contribution in [0.1, 0.15) is 26.3 Å². The molecule has 1 atom stereocenters. The summed E-state index contributed by atoms with van der Waals surface area (Å²) in [5.41, 5.74) is 3.37. The quantitative estimate of drug-likeness (QED) is 0.619. The number of carbonyl (C=O) groups excluding carboxylic acids is 2. The Hall–Kier alpha value is -3.35. The Labute approximate surface area is 170 Å². The van der Waals surface area contributed by atoms with Gasteiger partial charge in [0.1, 0.15) is 23.2 Å². The highest BCUT2D eigenvalue weighted by Gasteiger charge is 2.26. The minimum absolute atomic E-state index is 0.113. The molecule has 7 nitrogen and oxygen atoms in total. The maximum Gasteiger partial charge on any atom is 0.328 e. The third kappa shape index (κ3) is 4.56. The number of ether oxygens (including phenoxy) is 1. The Morgan fingerprint density at radius 1 is 1.17 bits per heavy atom. The first-order valence-corrected chi connectivity index (χ1v) is 9.69. The summed E-state index contributed by atoms with van der Waals surface area (Å²) in [6.07, 6.45) is 1.84. The highest BCUT2D eigenvalue weighted by Crippen LogP contribution is 2.29. The van der Waals surface area contributed by atoms with Gasteiger partial charge in [-0.1, -0.05) is 43.7 Å². The minimum Gasteiger partial charge on any atom is -0.464 e. The van der Waals surface area contributed by atoms with E-state index in [1.807, 2.05) is 73.8 Å². The van der Waals surface area contributed by atoms with Crippen LogP contribution in [0.2, 0.25) is 0 Å². The van der Waals surface area contributed by atoms with E-state index in [9.17, 15) is 9.59 Å². The summed E-state index contributed by atoms with van der Waals surface area (Å²) >= 11 is 0. The van der Waals surface area contributed by atoms with Crippen LogP contribution in [0.25, 0.3) is 16.9 Å². The predicted molar refractivity (Wildman–Crippen MR) is 113 cm³/mol. The Kier molecular flexibility index (Phi) is 6.16. The van der Waals surface area contributed by atoms with Crippen molar-refractivity contribution < 1.29 is 14.3 Å². The molecular weight excluding hydrogens is 368 g/mol. The third-order valence-corrected chi connectivity index (χ3v) is 4.55. The number of benzene rings is 1. The average molecular weight is 394 g/mol. The zero-order valence-electron chi connectivity index (χ0n) is 17.1. The fraction of sp³-hybridized carbons (Fsp3) is 0.318. The highest BCUT2D eigenvalue weighted by molar-refractivity contribution is 5.95. The lowest BCUT2D eigenvalue weighted by Crippen LogP contribution is -2.47. The smallest absolute Gasteiger partial charge is 0.328 e. The second-order valence-electron chi connectivity index (χ2n) is 7.18. The zero-order chi connectivity index (χ0) is 21.0. The molecule has 3 rings (SSSR count). The van der Waals surface area contributed by atoms with Gasteiger partial charge in [-0.2, -0.15) is 0 Å². The number of amides is 2. The van der Waals surface area contributed by atoms with Crippen molar-refractivity contribution in [3.63, 3.8) is 0 Å². The number of hydrogen-bond acceptors (Lipinski definition) is 4. The van der Waals surface area contributed by atoms with Crippen LogP contribution in [-0.2, 0) is 9.53 Å². The van der Waals surface area contributed by atoms with E-state index in [0.29, 0.717) is 17.2 Å².